The van der Waals surface area contributed by atoms with Gasteiger partial charge in [-0.05, 0) is 30.9 Å². The summed E-state index contributed by atoms with van der Waals surface area (Å²) in [5, 5.41) is 10.3. The minimum absolute atomic E-state index is 0.127. The molecule has 1 aromatic heterocycles. The van der Waals surface area contributed by atoms with Gasteiger partial charge in [0.25, 0.3) is 6.01 Å². The first kappa shape index (κ1) is 13.9. The maximum absolute atomic E-state index is 10.3. The van der Waals surface area contributed by atoms with Crippen LogP contribution in [0.1, 0.15) is 12.8 Å². The molecule has 4 heterocycles. The molecule has 6 heteroatoms. The molecule has 0 saturated carbocycles. The smallest absolute Gasteiger partial charge is 0.372 e. The third-order valence-corrected chi connectivity index (χ3v) is 5.77. The van der Waals surface area contributed by atoms with Crippen LogP contribution in [0.25, 0.3) is 11.0 Å². The molecule has 5 nitrogen and oxygen atoms in total. The summed E-state index contributed by atoms with van der Waals surface area (Å²) in [6, 6.07) is 5.95. The van der Waals surface area contributed by atoms with Gasteiger partial charge >= 0.3 is 7.98 Å². The normalized spacial score (nSPS) is 30.8. The molecule has 0 aliphatic carbocycles. The molecular weight excluding hydrogens is 277 g/mol. The highest BCUT2D eigenvalue weighted by atomic mass is 16.5. The number of nitrogens with zero attached hydrogens (tertiary/aromatic N) is 3. The fourth-order valence-corrected chi connectivity index (χ4v) is 4.43. The van der Waals surface area contributed by atoms with Crippen molar-refractivity contribution in [1.29, 1.82) is 0 Å². The monoisotopic (exact) mass is 300 g/mol. The Morgan fingerprint density at radius 1 is 1.41 bits per heavy atom. The van der Waals surface area contributed by atoms with Crippen LogP contribution in [0.5, 0.6) is 11.8 Å². The first-order valence-corrected chi connectivity index (χ1v) is 8.15. The Labute approximate surface area is 131 Å². The van der Waals surface area contributed by atoms with Crippen LogP contribution in [0.2, 0.25) is 0 Å². The van der Waals surface area contributed by atoms with E-state index in [4.69, 9.17) is 4.74 Å². The van der Waals surface area contributed by atoms with Crippen molar-refractivity contribution in [3.05, 3.63) is 18.2 Å². The van der Waals surface area contributed by atoms with Gasteiger partial charge in [-0.3, -0.25) is 4.57 Å². The number of rotatable bonds is 3. The van der Waals surface area contributed by atoms with E-state index < -0.39 is 0 Å². The molecule has 3 aliphatic heterocycles. The van der Waals surface area contributed by atoms with E-state index in [1.165, 1.54) is 36.9 Å². The van der Waals surface area contributed by atoms with Crippen LogP contribution in [-0.4, -0.2) is 53.8 Å². The maximum atomic E-state index is 10.3. The SMILES string of the molecule is B[N+]12CCC(CC1)C(Cn1c(O)nc3cc(OC)ccc31)C2. The largest absolute Gasteiger partial charge is 0.497 e. The molecule has 0 spiro atoms. The van der Waals surface area contributed by atoms with E-state index in [-0.39, 0.29) is 6.01 Å². The lowest BCUT2D eigenvalue weighted by Gasteiger charge is -2.52. The average Bonchev–Trinajstić information content (AvgIpc) is 2.82. The second-order valence-electron chi connectivity index (χ2n) is 7.22. The van der Waals surface area contributed by atoms with Gasteiger partial charge in [0, 0.05) is 18.5 Å². The standard InChI is InChI=1S/C16H22BN3O2/c1-22-13-2-3-15-14(8-13)18-16(21)19(15)9-12-10-20(17)6-4-11(12)5-7-20/h2-3,8,11-12H,4-7,9-10,17H2,1H3/p+1. The number of quaternary nitrogens is 1. The topological polar surface area (TPSA) is 47.3 Å². The van der Waals surface area contributed by atoms with E-state index >= 15 is 0 Å². The molecule has 0 radical (unpaired) electrons. The predicted octanol–water partition coefficient (Wildman–Crippen LogP) is 1.16. The van der Waals surface area contributed by atoms with Gasteiger partial charge in [0.1, 0.15) is 5.75 Å². The van der Waals surface area contributed by atoms with E-state index in [1.54, 1.807) is 7.11 Å². The van der Waals surface area contributed by atoms with Gasteiger partial charge in [-0.15, -0.1) is 0 Å². The molecule has 2 aromatic rings. The molecule has 5 rings (SSSR count). The summed E-state index contributed by atoms with van der Waals surface area (Å²) >= 11 is 0. The third-order valence-electron chi connectivity index (χ3n) is 5.77. The summed E-state index contributed by atoms with van der Waals surface area (Å²) in [5.41, 5.74) is 1.80. The maximum Gasteiger partial charge on any atom is 0.372 e. The molecular formula is C16H23BN3O2+. The van der Waals surface area contributed by atoms with Gasteiger partial charge in [-0.1, -0.05) is 0 Å². The number of aromatic nitrogens is 2. The number of methoxy groups -OCH3 is 1. The van der Waals surface area contributed by atoms with Crippen molar-refractivity contribution < 1.29 is 14.2 Å². The number of fused-ring (bicyclic) bond motifs is 4. The van der Waals surface area contributed by atoms with E-state index in [1.807, 2.05) is 22.8 Å². The van der Waals surface area contributed by atoms with Gasteiger partial charge in [0.15, 0.2) is 0 Å². The fourth-order valence-electron chi connectivity index (χ4n) is 4.43. The minimum Gasteiger partial charge on any atom is -0.497 e. The van der Waals surface area contributed by atoms with Crippen LogP contribution < -0.4 is 4.74 Å². The quantitative estimate of drug-likeness (QED) is 0.865. The Kier molecular flexibility index (Phi) is 3.11. The van der Waals surface area contributed by atoms with Gasteiger partial charge in [0.05, 0.1) is 37.8 Å². The van der Waals surface area contributed by atoms with Crippen molar-refractivity contribution >= 4 is 19.0 Å². The molecule has 1 aromatic carbocycles. The second-order valence-corrected chi connectivity index (χ2v) is 7.22. The van der Waals surface area contributed by atoms with Crippen LogP contribution in [0.3, 0.4) is 0 Å². The second kappa shape index (κ2) is 4.91. The van der Waals surface area contributed by atoms with E-state index in [9.17, 15) is 5.11 Å². The predicted molar refractivity (Wildman–Crippen MR) is 87.6 cm³/mol. The number of imidazole rings is 1. The Morgan fingerprint density at radius 3 is 2.86 bits per heavy atom. The van der Waals surface area contributed by atoms with Gasteiger partial charge < -0.3 is 14.2 Å². The van der Waals surface area contributed by atoms with Gasteiger partial charge in [-0.25, -0.2) is 0 Å². The van der Waals surface area contributed by atoms with Crippen molar-refractivity contribution in [3.8, 4) is 11.8 Å². The summed E-state index contributed by atoms with van der Waals surface area (Å²) in [6.07, 6.45) is 2.64. The molecule has 3 fully saturated rings. The molecule has 2 bridgehead atoms. The van der Waals surface area contributed by atoms with Crippen LogP contribution in [0.15, 0.2) is 18.2 Å². The number of benzene rings is 1. The number of ether oxygens (including phenoxy) is 1. The number of hydrogen-bond acceptors (Lipinski definition) is 3. The Bertz CT molecular complexity index is 707. The molecule has 0 amide bonds. The average molecular weight is 300 g/mol. The van der Waals surface area contributed by atoms with Gasteiger partial charge in [0.2, 0.25) is 0 Å². The van der Waals surface area contributed by atoms with Crippen molar-refractivity contribution in [2.45, 2.75) is 19.4 Å². The highest BCUT2D eigenvalue weighted by Gasteiger charge is 2.42. The Hall–Kier alpha value is -1.69. The first-order chi connectivity index (χ1) is 10.6. The summed E-state index contributed by atoms with van der Waals surface area (Å²) in [6.45, 7) is 4.72. The van der Waals surface area contributed by atoms with Crippen LogP contribution in [0, 0.1) is 11.8 Å². The van der Waals surface area contributed by atoms with Crippen LogP contribution >= 0.6 is 0 Å². The zero-order valence-electron chi connectivity index (χ0n) is 13.3. The lowest BCUT2D eigenvalue weighted by molar-refractivity contribution is -0.841. The lowest BCUT2D eigenvalue weighted by Crippen LogP contribution is -2.60. The molecule has 116 valence electrons. The summed E-state index contributed by atoms with van der Waals surface area (Å²) in [4.78, 5) is 4.30. The van der Waals surface area contributed by atoms with Gasteiger partial charge in [-0.2, -0.15) is 4.98 Å². The molecule has 1 unspecified atom stereocenters. The fraction of sp³-hybridized carbons (Fsp3) is 0.562. The highest BCUT2D eigenvalue weighted by Crippen LogP contribution is 2.38. The molecule has 3 saturated heterocycles. The van der Waals surface area contributed by atoms with Crippen LogP contribution in [0.4, 0.5) is 0 Å². The van der Waals surface area contributed by atoms with E-state index in [0.29, 0.717) is 5.92 Å². The Morgan fingerprint density at radius 2 is 2.18 bits per heavy atom. The van der Waals surface area contributed by atoms with Crippen molar-refractivity contribution in [3.63, 3.8) is 0 Å². The minimum atomic E-state index is 0.127. The number of piperidine rings is 3. The van der Waals surface area contributed by atoms with E-state index in [0.717, 1.165) is 29.2 Å². The van der Waals surface area contributed by atoms with Crippen molar-refractivity contribution in [2.24, 2.45) is 11.8 Å². The molecule has 3 aliphatic rings. The summed E-state index contributed by atoms with van der Waals surface area (Å²) in [5.74, 6) is 2.21. The highest BCUT2D eigenvalue weighted by molar-refractivity contribution is 5.97. The van der Waals surface area contributed by atoms with Crippen molar-refractivity contribution in [1.82, 2.24) is 9.55 Å². The third kappa shape index (κ3) is 2.17. The number of aromatic hydroxyl groups is 1. The lowest BCUT2D eigenvalue weighted by atomic mass is 9.75. The zero-order chi connectivity index (χ0) is 15.3. The zero-order valence-corrected chi connectivity index (χ0v) is 13.3. The number of hydrogen-bond donors (Lipinski definition) is 1. The van der Waals surface area contributed by atoms with E-state index in [2.05, 4.69) is 13.0 Å². The first-order valence-electron chi connectivity index (χ1n) is 8.15. The molecule has 1 atom stereocenters. The summed E-state index contributed by atoms with van der Waals surface area (Å²) < 4.78 is 8.42. The van der Waals surface area contributed by atoms with Crippen molar-refractivity contribution in [2.75, 3.05) is 26.7 Å². The Balaban J connectivity index is 1.65. The molecule has 1 N–H and O–H groups in total. The summed E-state index contributed by atoms with van der Waals surface area (Å²) in [7, 11) is 4.02. The molecule has 22 heavy (non-hydrogen) atoms. The van der Waals surface area contributed by atoms with Crippen LogP contribution in [-0.2, 0) is 6.54 Å².